The predicted octanol–water partition coefficient (Wildman–Crippen LogP) is 4.14. The lowest BCUT2D eigenvalue weighted by molar-refractivity contribution is 0.287. The van der Waals surface area contributed by atoms with Crippen LogP contribution in [0.5, 0.6) is 5.75 Å². The molecule has 34 heavy (non-hydrogen) atoms. The van der Waals surface area contributed by atoms with Gasteiger partial charge >= 0.3 is 0 Å². The molecule has 0 unspecified atom stereocenters. The maximum atomic E-state index is 5.53. The van der Waals surface area contributed by atoms with Gasteiger partial charge in [-0.3, -0.25) is 19.6 Å². The van der Waals surface area contributed by atoms with E-state index in [2.05, 4.69) is 85.0 Å². The Kier molecular flexibility index (Phi) is 6.64. The fraction of sp³-hybridized carbons (Fsp3) is 0.250. The van der Waals surface area contributed by atoms with Crippen LogP contribution in [0.15, 0.2) is 85.3 Å². The molecular formula is C28H29N5O. The van der Waals surface area contributed by atoms with Gasteiger partial charge in [-0.1, -0.05) is 42.2 Å². The number of nitrogens with zero attached hydrogens (tertiary/aromatic N) is 5. The van der Waals surface area contributed by atoms with Crippen LogP contribution in [0.3, 0.4) is 0 Å². The Labute approximate surface area is 201 Å². The first-order valence-electron chi connectivity index (χ1n) is 11.6. The molecule has 1 fully saturated rings. The average molecular weight is 452 g/mol. The Hall–Kier alpha value is -3.95. The van der Waals surface area contributed by atoms with Gasteiger partial charge in [-0.2, -0.15) is 0 Å². The summed E-state index contributed by atoms with van der Waals surface area (Å²) in [7, 11) is 1.73. The fourth-order valence-corrected chi connectivity index (χ4v) is 4.42. The molecule has 1 aliphatic rings. The van der Waals surface area contributed by atoms with Gasteiger partial charge in [0.1, 0.15) is 12.3 Å². The second-order valence-corrected chi connectivity index (χ2v) is 8.27. The first-order valence-corrected chi connectivity index (χ1v) is 11.6. The number of pyridine rings is 1. The molecule has 6 heteroatoms. The smallest absolute Gasteiger partial charge is 0.142 e. The molecule has 6 nitrogen and oxygen atoms in total. The van der Waals surface area contributed by atoms with Gasteiger partial charge in [0.05, 0.1) is 30.5 Å². The molecule has 0 amide bonds. The normalized spacial score (nSPS) is 14.0. The van der Waals surface area contributed by atoms with Crippen molar-refractivity contribution in [3.63, 3.8) is 0 Å². The topological polar surface area (TPSA) is 36.8 Å². The van der Waals surface area contributed by atoms with Crippen LogP contribution in [-0.2, 0) is 0 Å². The zero-order valence-corrected chi connectivity index (χ0v) is 19.5. The summed E-state index contributed by atoms with van der Waals surface area (Å²) in [5.74, 6) is 7.74. The Balaban J connectivity index is 1.24. The minimum atomic E-state index is 0.601. The van der Waals surface area contributed by atoms with E-state index in [1.807, 2.05) is 36.7 Å². The fourth-order valence-electron chi connectivity index (χ4n) is 4.42. The minimum absolute atomic E-state index is 0.601. The summed E-state index contributed by atoms with van der Waals surface area (Å²) >= 11 is 0. The minimum Gasteiger partial charge on any atom is -0.495 e. The second kappa shape index (κ2) is 10.3. The van der Waals surface area contributed by atoms with Crippen LogP contribution >= 0.6 is 0 Å². The van der Waals surface area contributed by atoms with Gasteiger partial charge in [-0.05, 0) is 36.4 Å². The van der Waals surface area contributed by atoms with Crippen molar-refractivity contribution in [1.82, 2.24) is 14.6 Å². The molecule has 4 aromatic rings. The lowest BCUT2D eigenvalue weighted by Gasteiger charge is -2.35. The van der Waals surface area contributed by atoms with E-state index in [1.54, 1.807) is 7.11 Å². The van der Waals surface area contributed by atoms with Crippen LogP contribution in [0.25, 0.3) is 10.9 Å². The zero-order valence-electron chi connectivity index (χ0n) is 19.5. The van der Waals surface area contributed by atoms with E-state index in [-0.39, 0.29) is 0 Å². The van der Waals surface area contributed by atoms with Crippen molar-refractivity contribution in [2.75, 3.05) is 56.3 Å². The zero-order chi connectivity index (χ0) is 23.2. The van der Waals surface area contributed by atoms with E-state index in [4.69, 9.17) is 4.74 Å². The Morgan fingerprint density at radius 2 is 1.65 bits per heavy atom. The highest BCUT2D eigenvalue weighted by atomic mass is 16.5. The van der Waals surface area contributed by atoms with E-state index >= 15 is 0 Å². The second-order valence-electron chi connectivity index (χ2n) is 8.27. The van der Waals surface area contributed by atoms with Gasteiger partial charge in [0.15, 0.2) is 0 Å². The Bertz CT molecular complexity index is 1280. The molecule has 1 aliphatic heterocycles. The third-order valence-electron chi connectivity index (χ3n) is 6.25. The predicted molar refractivity (Wildman–Crippen MR) is 138 cm³/mol. The molecule has 0 spiro atoms. The van der Waals surface area contributed by atoms with Crippen molar-refractivity contribution >= 4 is 22.3 Å². The highest BCUT2D eigenvalue weighted by Crippen LogP contribution is 2.28. The number of benzene rings is 2. The molecule has 5 rings (SSSR count). The summed E-state index contributed by atoms with van der Waals surface area (Å²) in [4.78, 5) is 8.99. The number of hydrogen-bond acceptors (Lipinski definition) is 5. The summed E-state index contributed by atoms with van der Waals surface area (Å²) < 4.78 is 7.70. The van der Waals surface area contributed by atoms with Gasteiger partial charge in [0.2, 0.25) is 0 Å². The summed E-state index contributed by atoms with van der Waals surface area (Å²) in [6.07, 6.45) is 5.75. The largest absolute Gasteiger partial charge is 0.495 e. The first-order chi connectivity index (χ1) is 16.8. The Morgan fingerprint density at radius 3 is 2.47 bits per heavy atom. The number of fused-ring (bicyclic) bond motifs is 1. The van der Waals surface area contributed by atoms with Crippen LogP contribution in [0, 0.1) is 11.8 Å². The summed E-state index contributed by atoms with van der Waals surface area (Å²) in [6, 6.07) is 22.8. The average Bonchev–Trinajstić information content (AvgIpc) is 3.33. The molecule has 0 N–H and O–H groups in total. The molecule has 2 aromatic carbocycles. The number of rotatable bonds is 6. The summed E-state index contributed by atoms with van der Waals surface area (Å²) in [6.45, 7) is 5.30. The van der Waals surface area contributed by atoms with E-state index < -0.39 is 0 Å². The molecule has 0 saturated carbocycles. The van der Waals surface area contributed by atoms with Crippen molar-refractivity contribution in [2.24, 2.45) is 0 Å². The van der Waals surface area contributed by atoms with Gasteiger partial charge < -0.3 is 9.64 Å². The molecule has 3 heterocycles. The van der Waals surface area contributed by atoms with Crippen LogP contribution in [0.1, 0.15) is 0 Å². The Morgan fingerprint density at radius 1 is 0.882 bits per heavy atom. The van der Waals surface area contributed by atoms with Crippen LogP contribution in [0.4, 0.5) is 11.4 Å². The van der Waals surface area contributed by atoms with Gasteiger partial charge in [-0.25, -0.2) is 0 Å². The molecule has 1 saturated heterocycles. The van der Waals surface area contributed by atoms with Gasteiger partial charge in [0.25, 0.3) is 0 Å². The third kappa shape index (κ3) is 4.70. The molecule has 0 atom stereocenters. The van der Waals surface area contributed by atoms with Crippen molar-refractivity contribution in [1.29, 1.82) is 0 Å². The number of para-hydroxylation sites is 3. The highest BCUT2D eigenvalue weighted by molar-refractivity contribution is 5.81. The standard InChI is InChI=1S/C28H29N5O/c1-34-28-11-5-4-10-27(28)31-22-20-30(21-23-31)17-6-7-18-32(25-12-15-29-16-13-25)33-19-14-24-8-2-3-9-26(24)33/h2-5,8-16,19H,17-18,20-23H2,1H3. The number of piperazine rings is 1. The number of ether oxygens (including phenoxy) is 1. The molecule has 2 aromatic heterocycles. The quantitative estimate of drug-likeness (QED) is 0.412. The number of anilines is 2. The highest BCUT2D eigenvalue weighted by Gasteiger charge is 2.18. The summed E-state index contributed by atoms with van der Waals surface area (Å²) in [5.41, 5.74) is 3.40. The number of aromatic nitrogens is 2. The molecule has 0 radical (unpaired) electrons. The van der Waals surface area contributed by atoms with Crippen molar-refractivity contribution < 1.29 is 4.74 Å². The monoisotopic (exact) mass is 451 g/mol. The van der Waals surface area contributed by atoms with E-state index in [9.17, 15) is 0 Å². The number of methoxy groups -OCH3 is 1. The first kappa shape index (κ1) is 21.9. The van der Waals surface area contributed by atoms with Gasteiger partial charge in [-0.15, -0.1) is 0 Å². The lowest BCUT2D eigenvalue weighted by atomic mass is 10.2. The summed E-state index contributed by atoms with van der Waals surface area (Å²) in [5, 5.41) is 3.40. The van der Waals surface area contributed by atoms with Gasteiger partial charge in [0, 0.05) is 50.2 Å². The molecule has 0 aliphatic carbocycles. The van der Waals surface area contributed by atoms with E-state index in [0.717, 1.165) is 49.7 Å². The third-order valence-corrected chi connectivity index (χ3v) is 6.25. The van der Waals surface area contributed by atoms with Crippen molar-refractivity contribution in [2.45, 2.75) is 0 Å². The van der Waals surface area contributed by atoms with E-state index in [0.29, 0.717) is 6.54 Å². The lowest BCUT2D eigenvalue weighted by Crippen LogP contribution is -2.46. The van der Waals surface area contributed by atoms with Crippen LogP contribution in [-0.4, -0.2) is 60.9 Å². The maximum absolute atomic E-state index is 5.53. The van der Waals surface area contributed by atoms with Crippen LogP contribution in [0.2, 0.25) is 0 Å². The molecular weight excluding hydrogens is 422 g/mol. The van der Waals surface area contributed by atoms with E-state index in [1.165, 1.54) is 11.1 Å². The number of hydrogen-bond donors (Lipinski definition) is 0. The maximum Gasteiger partial charge on any atom is 0.142 e. The van der Waals surface area contributed by atoms with Crippen molar-refractivity contribution in [3.8, 4) is 17.6 Å². The SMILES string of the molecule is COc1ccccc1N1CCN(CC#CCN(c2ccncc2)n2ccc3ccccc32)CC1. The van der Waals surface area contributed by atoms with Crippen molar-refractivity contribution in [3.05, 3.63) is 85.3 Å². The molecule has 172 valence electrons. The molecule has 0 bridgehead atoms. The van der Waals surface area contributed by atoms with Crippen LogP contribution < -0.4 is 14.6 Å².